The minimum Gasteiger partial charge on any atom is -0.456 e. The fourth-order valence-electron chi connectivity index (χ4n) is 12.3. The molecular weight excluding hydrogens is 923 g/mol. The summed E-state index contributed by atoms with van der Waals surface area (Å²) >= 11 is 0. The van der Waals surface area contributed by atoms with Crippen LogP contribution in [0.4, 0.5) is 22.7 Å². The van der Waals surface area contributed by atoms with Gasteiger partial charge in [-0.1, -0.05) is 185 Å². The quantitative estimate of drug-likeness (QED) is 0.167. The monoisotopic (exact) mass is 977 g/mol. The summed E-state index contributed by atoms with van der Waals surface area (Å²) in [5.74, 6) is 0. The van der Waals surface area contributed by atoms with Gasteiger partial charge in [-0.2, -0.15) is 0 Å². The molecule has 2 N–H and O–H groups in total. The molecule has 11 aromatic carbocycles. The van der Waals surface area contributed by atoms with Crippen LogP contribution in [0.5, 0.6) is 0 Å². The molecule has 0 saturated heterocycles. The average Bonchev–Trinajstić information content (AvgIpc) is 4.19. The average molecular weight is 978 g/mol. The van der Waals surface area contributed by atoms with Crippen molar-refractivity contribution in [3.05, 3.63) is 271 Å². The van der Waals surface area contributed by atoms with Crippen LogP contribution in [0, 0.1) is 0 Å². The second-order valence-electron chi connectivity index (χ2n) is 21.5. The van der Waals surface area contributed by atoms with E-state index in [0.29, 0.717) is 0 Å². The lowest BCUT2D eigenvalue weighted by Crippen LogP contribution is -2.15. The fourth-order valence-corrected chi connectivity index (χ4v) is 12.3. The molecule has 4 nitrogen and oxygen atoms in total. The van der Waals surface area contributed by atoms with Gasteiger partial charge in [0.05, 0.1) is 11.0 Å². The van der Waals surface area contributed by atoms with Crippen molar-refractivity contribution in [3.63, 3.8) is 0 Å². The molecule has 0 fully saturated rings. The lowest BCUT2D eigenvalue weighted by atomic mass is 9.82. The maximum Gasteiger partial charge on any atom is 0.135 e. The molecule has 2 aliphatic carbocycles. The molecule has 13 aromatic rings. The van der Waals surface area contributed by atoms with Gasteiger partial charge in [0.15, 0.2) is 0 Å². The fraction of sp³-hybridized carbons (Fsp3) is 0.0833. The minimum atomic E-state index is -0.00113. The Morgan fingerprint density at radius 3 is 1.24 bits per heavy atom. The number of fused-ring (bicyclic) bond motifs is 12. The molecule has 0 bridgehead atoms. The van der Waals surface area contributed by atoms with Crippen molar-refractivity contribution in [1.29, 1.82) is 0 Å². The highest BCUT2D eigenvalue weighted by Crippen LogP contribution is 2.51. The number of nitrogens with zero attached hydrogens (tertiary/aromatic N) is 1. The van der Waals surface area contributed by atoms with Crippen LogP contribution < -0.4 is 10.6 Å². The Morgan fingerprint density at radius 1 is 0.303 bits per heavy atom. The molecule has 0 amide bonds. The maximum atomic E-state index is 5.99. The van der Waals surface area contributed by atoms with Gasteiger partial charge in [-0.05, 0) is 158 Å². The molecular formula is C72H55N3O. The van der Waals surface area contributed by atoms with Crippen molar-refractivity contribution in [3.8, 4) is 50.2 Å². The van der Waals surface area contributed by atoms with E-state index in [9.17, 15) is 0 Å². The van der Waals surface area contributed by atoms with Crippen LogP contribution >= 0.6 is 0 Å². The summed E-state index contributed by atoms with van der Waals surface area (Å²) in [6, 6.07) is 89.3. The Bertz CT molecular complexity index is 4330. The van der Waals surface area contributed by atoms with Gasteiger partial charge in [-0.25, -0.2) is 0 Å². The normalized spacial score (nSPS) is 13.5. The third-order valence-electron chi connectivity index (χ3n) is 16.3. The van der Waals surface area contributed by atoms with Crippen molar-refractivity contribution in [1.82, 2.24) is 4.57 Å². The number of hydrogen-bond acceptors (Lipinski definition) is 3. The largest absolute Gasteiger partial charge is 0.456 e. The number of hydrogen-bond donors (Lipinski definition) is 2. The Labute approximate surface area is 443 Å². The van der Waals surface area contributed by atoms with E-state index < -0.39 is 0 Å². The first-order valence-corrected chi connectivity index (χ1v) is 26.4. The van der Waals surface area contributed by atoms with E-state index >= 15 is 0 Å². The minimum absolute atomic E-state index is 0.00113. The number of rotatable bonds is 7. The van der Waals surface area contributed by atoms with E-state index in [2.05, 4.69) is 279 Å². The number of furan rings is 1. The summed E-state index contributed by atoms with van der Waals surface area (Å²) in [6.07, 6.45) is 0. The molecule has 2 aliphatic rings. The maximum absolute atomic E-state index is 5.99. The number of aromatic nitrogens is 1. The van der Waals surface area contributed by atoms with Crippen LogP contribution in [0.15, 0.2) is 253 Å². The van der Waals surface area contributed by atoms with E-state index in [1.807, 2.05) is 12.1 Å². The summed E-state index contributed by atoms with van der Waals surface area (Å²) in [5.41, 5.74) is 25.6. The van der Waals surface area contributed by atoms with Gasteiger partial charge in [-0.15, -0.1) is 0 Å². The molecule has 4 heteroatoms. The highest BCUT2D eigenvalue weighted by Gasteiger charge is 2.36. The SMILES string of the molecule is CC1(C)c2ccccc2-c2ccc(Nc3ccc(-c4ccc(-n5c6ccccc6c6ccccc65)cc4)cc3)cc21.CC1(C)c2ccccc2-c2ccc(Nc3ccc(-c4ccc5oc6ccccc6c5c4)cc3)cc21. The van der Waals surface area contributed by atoms with Crippen LogP contribution in [0.2, 0.25) is 0 Å². The first-order valence-electron chi connectivity index (χ1n) is 26.4. The zero-order chi connectivity index (χ0) is 51.1. The van der Waals surface area contributed by atoms with Gasteiger partial charge < -0.3 is 19.6 Å². The zero-order valence-corrected chi connectivity index (χ0v) is 43.0. The molecule has 0 aliphatic heterocycles. The van der Waals surface area contributed by atoms with E-state index in [1.165, 1.54) is 94.3 Å². The molecule has 2 heterocycles. The van der Waals surface area contributed by atoms with Gasteiger partial charge in [0, 0.05) is 60.8 Å². The van der Waals surface area contributed by atoms with Gasteiger partial charge in [-0.3, -0.25) is 0 Å². The molecule has 15 rings (SSSR count). The summed E-state index contributed by atoms with van der Waals surface area (Å²) < 4.78 is 8.34. The van der Waals surface area contributed by atoms with Crippen LogP contribution in [0.3, 0.4) is 0 Å². The smallest absolute Gasteiger partial charge is 0.135 e. The Kier molecular flexibility index (Phi) is 10.5. The van der Waals surface area contributed by atoms with Crippen molar-refractivity contribution in [2.24, 2.45) is 0 Å². The number of para-hydroxylation sites is 3. The molecule has 0 atom stereocenters. The molecule has 76 heavy (non-hydrogen) atoms. The van der Waals surface area contributed by atoms with Crippen LogP contribution in [-0.2, 0) is 10.8 Å². The molecule has 0 spiro atoms. The second-order valence-corrected chi connectivity index (χ2v) is 21.5. The van der Waals surface area contributed by atoms with Crippen LogP contribution in [0.1, 0.15) is 49.9 Å². The Hall–Kier alpha value is -9.38. The lowest BCUT2D eigenvalue weighted by molar-refractivity contribution is 0.660. The molecule has 0 radical (unpaired) electrons. The summed E-state index contributed by atoms with van der Waals surface area (Å²) in [4.78, 5) is 0. The van der Waals surface area contributed by atoms with Gasteiger partial charge >= 0.3 is 0 Å². The molecule has 0 saturated carbocycles. The first-order chi connectivity index (χ1) is 37.2. The van der Waals surface area contributed by atoms with E-state index in [0.717, 1.165) is 44.7 Å². The predicted octanol–water partition coefficient (Wildman–Crippen LogP) is 19.8. The van der Waals surface area contributed by atoms with Gasteiger partial charge in [0.1, 0.15) is 11.2 Å². The van der Waals surface area contributed by atoms with Crippen molar-refractivity contribution < 1.29 is 4.42 Å². The highest BCUT2D eigenvalue weighted by molar-refractivity contribution is 6.09. The van der Waals surface area contributed by atoms with Crippen molar-refractivity contribution in [2.45, 2.75) is 38.5 Å². The summed E-state index contributed by atoms with van der Waals surface area (Å²) in [7, 11) is 0. The van der Waals surface area contributed by atoms with E-state index in [-0.39, 0.29) is 10.8 Å². The first kappa shape index (κ1) is 45.3. The standard InChI is InChI=1S/C39H30N2.C33H25NO/c1-39(2)35-12-6-3-9-31(35)32-24-21-29(25-36(32)39)40-28-19-15-26(16-20-28)27-17-22-30(23-18-27)41-37-13-7-4-10-33(37)34-11-5-8-14-38(34)41;1-33(2)29-9-5-3-7-25(29)26-17-16-24(20-30(26)33)34-23-14-11-21(12-15-23)22-13-18-32-28(19-22)27-8-4-6-10-31(27)35-32/h3-25,40H,1-2H3;3-20,34H,1-2H3. The molecule has 364 valence electrons. The van der Waals surface area contributed by atoms with E-state index in [1.54, 1.807) is 0 Å². The Morgan fingerprint density at radius 2 is 0.697 bits per heavy atom. The summed E-state index contributed by atoms with van der Waals surface area (Å²) in [5, 5.41) is 12.1. The second kappa shape index (κ2) is 17.6. The lowest BCUT2D eigenvalue weighted by Gasteiger charge is -2.22. The van der Waals surface area contributed by atoms with Crippen molar-refractivity contribution in [2.75, 3.05) is 10.6 Å². The van der Waals surface area contributed by atoms with Gasteiger partial charge in [0.25, 0.3) is 0 Å². The summed E-state index contributed by atoms with van der Waals surface area (Å²) in [6.45, 7) is 9.28. The molecule has 2 aromatic heterocycles. The zero-order valence-electron chi connectivity index (χ0n) is 43.0. The predicted molar refractivity (Wildman–Crippen MR) is 320 cm³/mol. The Balaban J connectivity index is 0.000000141. The van der Waals surface area contributed by atoms with Crippen LogP contribution in [0.25, 0.3) is 93.9 Å². The number of benzene rings is 11. The highest BCUT2D eigenvalue weighted by atomic mass is 16.3. The van der Waals surface area contributed by atoms with Gasteiger partial charge in [0.2, 0.25) is 0 Å². The topological polar surface area (TPSA) is 42.1 Å². The molecule has 0 unspecified atom stereocenters. The number of anilines is 4. The third-order valence-corrected chi connectivity index (χ3v) is 16.3. The van der Waals surface area contributed by atoms with Crippen LogP contribution in [-0.4, -0.2) is 4.57 Å². The third kappa shape index (κ3) is 7.51. The van der Waals surface area contributed by atoms with E-state index in [4.69, 9.17) is 4.42 Å². The number of nitrogens with one attached hydrogen (secondary N) is 2. The van der Waals surface area contributed by atoms with Crippen molar-refractivity contribution >= 4 is 66.5 Å².